The molecule has 3 heteroatoms. The van der Waals surface area contributed by atoms with E-state index < -0.39 is 0 Å². The monoisotopic (exact) mass is 260 g/mol. The van der Waals surface area contributed by atoms with Gasteiger partial charge in [-0.1, -0.05) is 24.3 Å². The molecule has 0 heterocycles. The first kappa shape index (κ1) is 13.5. The molecule has 0 aromatic heterocycles. The van der Waals surface area contributed by atoms with Gasteiger partial charge in [-0.05, 0) is 36.5 Å². The molecule has 1 aromatic carbocycles. The third kappa shape index (κ3) is 3.11. The Morgan fingerprint density at radius 3 is 2.16 bits per heavy atom. The van der Waals surface area contributed by atoms with Crippen molar-refractivity contribution in [3.63, 3.8) is 0 Å². The lowest BCUT2D eigenvalue weighted by atomic mass is 9.93. The van der Waals surface area contributed by atoms with Crippen molar-refractivity contribution < 1.29 is 14.2 Å². The molecule has 0 amide bonds. The van der Waals surface area contributed by atoms with Crippen molar-refractivity contribution in [2.75, 3.05) is 21.3 Å². The number of hydrogen-bond donors (Lipinski definition) is 0. The van der Waals surface area contributed by atoms with Crippen LogP contribution in [0, 0.1) is 5.92 Å². The summed E-state index contributed by atoms with van der Waals surface area (Å²) in [6.45, 7) is 0. The fourth-order valence-corrected chi connectivity index (χ4v) is 2.34. The van der Waals surface area contributed by atoms with Crippen LogP contribution in [0.2, 0.25) is 0 Å². The summed E-state index contributed by atoms with van der Waals surface area (Å²) in [4.78, 5) is 0. The molecule has 2 rings (SSSR count). The van der Waals surface area contributed by atoms with Crippen molar-refractivity contribution in [2.24, 2.45) is 5.92 Å². The zero-order valence-electron chi connectivity index (χ0n) is 11.7. The molecule has 0 saturated carbocycles. The van der Waals surface area contributed by atoms with E-state index in [1.807, 2.05) is 12.1 Å². The predicted octanol–water partition coefficient (Wildman–Crippen LogP) is 3.39. The number of methoxy groups -OCH3 is 3. The van der Waals surface area contributed by atoms with Gasteiger partial charge in [-0.25, -0.2) is 0 Å². The van der Waals surface area contributed by atoms with Crippen LogP contribution in [0.3, 0.4) is 0 Å². The molecule has 19 heavy (non-hydrogen) atoms. The molecule has 0 aliphatic heterocycles. The molecule has 102 valence electrons. The van der Waals surface area contributed by atoms with E-state index in [0.717, 1.165) is 12.8 Å². The fourth-order valence-electron chi connectivity index (χ4n) is 2.34. The van der Waals surface area contributed by atoms with E-state index in [2.05, 4.69) is 24.3 Å². The zero-order valence-corrected chi connectivity index (χ0v) is 11.7. The topological polar surface area (TPSA) is 27.7 Å². The van der Waals surface area contributed by atoms with E-state index in [-0.39, 0.29) is 0 Å². The summed E-state index contributed by atoms with van der Waals surface area (Å²) in [7, 11) is 4.91. The number of benzene rings is 1. The Labute approximate surface area is 114 Å². The maximum atomic E-state index is 5.37. The van der Waals surface area contributed by atoms with E-state index in [9.17, 15) is 0 Å². The highest BCUT2D eigenvalue weighted by Gasteiger charge is 2.15. The van der Waals surface area contributed by atoms with E-state index in [4.69, 9.17) is 14.2 Å². The average Bonchev–Trinajstić information content (AvgIpc) is 2.47. The second-order valence-electron chi connectivity index (χ2n) is 4.55. The molecule has 1 unspecified atom stereocenters. The van der Waals surface area contributed by atoms with Crippen molar-refractivity contribution >= 4 is 0 Å². The van der Waals surface area contributed by atoms with Crippen LogP contribution < -0.4 is 14.2 Å². The minimum absolute atomic E-state index is 0.535. The number of allylic oxidation sites excluding steroid dienone is 4. The Hall–Kier alpha value is -1.90. The summed E-state index contributed by atoms with van der Waals surface area (Å²) in [5.74, 6) is 2.61. The first-order chi connectivity index (χ1) is 9.28. The standard InChI is InChI=1S/C16H20O3/c1-17-14-10-13(9-12-7-5-4-6-8-12)11-15(18-2)16(14)19-3/h4-7,10-12H,8-9H2,1-3H3. The second kappa shape index (κ2) is 6.32. The molecule has 0 spiro atoms. The van der Waals surface area contributed by atoms with Crippen molar-refractivity contribution in [1.82, 2.24) is 0 Å². The van der Waals surface area contributed by atoms with Crippen LogP contribution in [-0.2, 0) is 6.42 Å². The smallest absolute Gasteiger partial charge is 0.203 e. The molecule has 1 aliphatic rings. The molecule has 1 aliphatic carbocycles. The van der Waals surface area contributed by atoms with Gasteiger partial charge in [0.25, 0.3) is 0 Å². The summed E-state index contributed by atoms with van der Waals surface area (Å²) < 4.78 is 16.1. The van der Waals surface area contributed by atoms with Crippen LogP contribution in [0.25, 0.3) is 0 Å². The van der Waals surface area contributed by atoms with Crippen LogP contribution in [0.4, 0.5) is 0 Å². The molecular weight excluding hydrogens is 240 g/mol. The van der Waals surface area contributed by atoms with Crippen molar-refractivity contribution in [3.8, 4) is 17.2 Å². The summed E-state index contributed by atoms with van der Waals surface area (Å²) in [5, 5.41) is 0. The van der Waals surface area contributed by atoms with Gasteiger partial charge in [-0.3, -0.25) is 0 Å². The minimum atomic E-state index is 0.535. The Balaban J connectivity index is 2.25. The predicted molar refractivity (Wildman–Crippen MR) is 76.2 cm³/mol. The van der Waals surface area contributed by atoms with Crippen LogP contribution in [-0.4, -0.2) is 21.3 Å². The largest absolute Gasteiger partial charge is 0.493 e. The Morgan fingerprint density at radius 2 is 1.68 bits per heavy atom. The van der Waals surface area contributed by atoms with Crippen LogP contribution in [0.1, 0.15) is 12.0 Å². The number of rotatable bonds is 5. The SMILES string of the molecule is COc1cc(CC2C=CC=CC2)cc(OC)c1OC. The summed E-state index contributed by atoms with van der Waals surface area (Å²) in [5.41, 5.74) is 1.19. The molecule has 1 aromatic rings. The lowest BCUT2D eigenvalue weighted by molar-refractivity contribution is 0.323. The van der Waals surface area contributed by atoms with Crippen molar-refractivity contribution in [2.45, 2.75) is 12.8 Å². The van der Waals surface area contributed by atoms with Gasteiger partial charge in [-0.2, -0.15) is 0 Å². The Bertz CT molecular complexity index is 464. The molecular formula is C16H20O3. The van der Waals surface area contributed by atoms with Crippen LogP contribution in [0.15, 0.2) is 36.4 Å². The van der Waals surface area contributed by atoms with Gasteiger partial charge in [0, 0.05) is 0 Å². The molecule has 1 atom stereocenters. The Morgan fingerprint density at radius 1 is 1.00 bits per heavy atom. The van der Waals surface area contributed by atoms with Gasteiger partial charge in [0.15, 0.2) is 11.5 Å². The van der Waals surface area contributed by atoms with Gasteiger partial charge in [0.2, 0.25) is 5.75 Å². The summed E-state index contributed by atoms with van der Waals surface area (Å²) >= 11 is 0. The molecule has 0 radical (unpaired) electrons. The van der Waals surface area contributed by atoms with E-state index in [1.54, 1.807) is 21.3 Å². The molecule has 0 bridgehead atoms. The lowest BCUT2D eigenvalue weighted by Gasteiger charge is -2.17. The minimum Gasteiger partial charge on any atom is -0.493 e. The maximum absolute atomic E-state index is 5.37. The molecule has 0 saturated heterocycles. The molecule has 3 nitrogen and oxygen atoms in total. The highest BCUT2D eigenvalue weighted by Crippen LogP contribution is 2.39. The van der Waals surface area contributed by atoms with Gasteiger partial charge >= 0.3 is 0 Å². The first-order valence-corrected chi connectivity index (χ1v) is 6.40. The molecule has 0 N–H and O–H groups in total. The maximum Gasteiger partial charge on any atom is 0.203 e. The normalized spacial score (nSPS) is 17.3. The van der Waals surface area contributed by atoms with E-state index >= 15 is 0 Å². The Kier molecular flexibility index (Phi) is 4.50. The third-order valence-corrected chi connectivity index (χ3v) is 3.29. The van der Waals surface area contributed by atoms with Crippen LogP contribution >= 0.6 is 0 Å². The van der Waals surface area contributed by atoms with Gasteiger partial charge in [0.05, 0.1) is 21.3 Å². The van der Waals surface area contributed by atoms with Gasteiger partial charge in [-0.15, -0.1) is 0 Å². The third-order valence-electron chi connectivity index (χ3n) is 3.29. The summed E-state index contributed by atoms with van der Waals surface area (Å²) in [6, 6.07) is 4.04. The van der Waals surface area contributed by atoms with E-state index in [0.29, 0.717) is 23.2 Å². The second-order valence-corrected chi connectivity index (χ2v) is 4.55. The fraction of sp³-hybridized carbons (Fsp3) is 0.375. The average molecular weight is 260 g/mol. The van der Waals surface area contributed by atoms with Gasteiger partial charge < -0.3 is 14.2 Å². The quantitative estimate of drug-likeness (QED) is 0.812. The van der Waals surface area contributed by atoms with E-state index in [1.165, 1.54) is 5.56 Å². The number of hydrogen-bond acceptors (Lipinski definition) is 3. The highest BCUT2D eigenvalue weighted by molar-refractivity contribution is 5.54. The zero-order chi connectivity index (χ0) is 13.7. The van der Waals surface area contributed by atoms with Crippen molar-refractivity contribution in [3.05, 3.63) is 42.0 Å². The molecule has 0 fully saturated rings. The first-order valence-electron chi connectivity index (χ1n) is 6.40. The number of ether oxygens (including phenoxy) is 3. The van der Waals surface area contributed by atoms with Crippen LogP contribution in [0.5, 0.6) is 17.2 Å². The summed E-state index contributed by atoms with van der Waals surface area (Å²) in [6.07, 6.45) is 10.7. The lowest BCUT2D eigenvalue weighted by Crippen LogP contribution is -2.04. The van der Waals surface area contributed by atoms with Gasteiger partial charge in [0.1, 0.15) is 0 Å². The van der Waals surface area contributed by atoms with Crippen molar-refractivity contribution in [1.29, 1.82) is 0 Å². The highest BCUT2D eigenvalue weighted by atomic mass is 16.5.